The first-order valence-electron chi connectivity index (χ1n) is 2.42. The van der Waals surface area contributed by atoms with Crippen molar-refractivity contribution in [3.8, 4) is 0 Å². The zero-order valence-corrected chi connectivity index (χ0v) is 5.22. The molecule has 0 fully saturated rings. The molecule has 0 radical (unpaired) electrons. The zero-order valence-electron chi connectivity index (χ0n) is 5.22. The molecule has 12 heavy (non-hydrogen) atoms. The maximum Gasteiger partial charge on any atom is 0.308 e. The van der Waals surface area contributed by atoms with Crippen LogP contribution >= 0.6 is 0 Å². The summed E-state index contributed by atoms with van der Waals surface area (Å²) in [5.41, 5.74) is 0. The van der Waals surface area contributed by atoms with Crippen LogP contribution in [0.5, 0.6) is 0 Å². The zero-order chi connectivity index (χ0) is 9.89. The van der Waals surface area contributed by atoms with Gasteiger partial charge in [-0.2, -0.15) is 13.2 Å². The summed E-state index contributed by atoms with van der Waals surface area (Å²) in [6.45, 7) is 0. The van der Waals surface area contributed by atoms with Crippen molar-refractivity contribution in [3.63, 3.8) is 0 Å². The van der Waals surface area contributed by atoms with Crippen LogP contribution in [0.15, 0.2) is 23.6 Å². The highest BCUT2D eigenvalue weighted by Gasteiger charge is 2.23. The molecular formula is C5HF7. The second-order valence-electron chi connectivity index (χ2n) is 1.54. The average Bonchev–Trinajstić information content (AvgIpc) is 2.00. The van der Waals surface area contributed by atoms with Gasteiger partial charge in [-0.3, -0.25) is 0 Å². The van der Waals surface area contributed by atoms with Gasteiger partial charge in [-0.05, 0) is 0 Å². The summed E-state index contributed by atoms with van der Waals surface area (Å²) in [5, 5.41) is 0. The molecule has 0 N–H and O–H groups in total. The number of halogens is 7. The Bertz CT molecular complexity index is 222. The summed E-state index contributed by atoms with van der Waals surface area (Å²) >= 11 is 0. The van der Waals surface area contributed by atoms with Crippen molar-refractivity contribution in [2.24, 2.45) is 0 Å². The van der Waals surface area contributed by atoms with Gasteiger partial charge in [0.15, 0.2) is 0 Å². The third kappa shape index (κ3) is 2.55. The average molecular weight is 194 g/mol. The van der Waals surface area contributed by atoms with Gasteiger partial charge in [0.1, 0.15) is 0 Å². The monoisotopic (exact) mass is 194 g/mol. The molecule has 0 spiro atoms. The summed E-state index contributed by atoms with van der Waals surface area (Å²) in [6.07, 6.45) is -7.14. The minimum Gasteiger partial charge on any atom is -0.202 e. The predicted molar refractivity (Wildman–Crippen MR) is 25.6 cm³/mol. The van der Waals surface area contributed by atoms with Crippen LogP contribution in [0, 0.1) is 0 Å². The van der Waals surface area contributed by atoms with Crippen LogP contribution in [-0.2, 0) is 0 Å². The predicted octanol–water partition coefficient (Wildman–Crippen LogP) is 3.48. The van der Waals surface area contributed by atoms with E-state index >= 15 is 0 Å². The van der Waals surface area contributed by atoms with E-state index in [1.165, 1.54) is 0 Å². The lowest BCUT2D eigenvalue weighted by atomic mass is 10.4. The van der Waals surface area contributed by atoms with E-state index in [4.69, 9.17) is 0 Å². The highest BCUT2D eigenvalue weighted by atomic mass is 19.3. The SMILES string of the molecule is FC(F)=C(F)/C(F)=C(\F)C(F)F. The van der Waals surface area contributed by atoms with E-state index in [1.54, 1.807) is 0 Å². The third-order valence-corrected chi connectivity index (χ3v) is 0.760. The van der Waals surface area contributed by atoms with E-state index in [-0.39, 0.29) is 0 Å². The third-order valence-electron chi connectivity index (χ3n) is 0.760. The fourth-order valence-corrected chi connectivity index (χ4v) is 0.284. The molecule has 0 bridgehead atoms. The molecule has 0 heterocycles. The molecule has 7 heteroatoms. The first-order chi connectivity index (χ1) is 5.37. The summed E-state index contributed by atoms with van der Waals surface area (Å²) in [5.74, 6) is -8.63. The Morgan fingerprint density at radius 3 is 1.42 bits per heavy atom. The molecule has 0 saturated carbocycles. The van der Waals surface area contributed by atoms with Gasteiger partial charge >= 0.3 is 6.08 Å². The molecule has 0 atom stereocenters. The van der Waals surface area contributed by atoms with Crippen molar-refractivity contribution < 1.29 is 30.7 Å². The molecule has 0 aromatic rings. The Kier molecular flexibility index (Phi) is 3.78. The molecule has 0 unspecified atom stereocenters. The maximum absolute atomic E-state index is 11.8. The Labute approximate surface area is 62.0 Å². The molecule has 0 aliphatic heterocycles. The van der Waals surface area contributed by atoms with Crippen molar-refractivity contribution in [3.05, 3.63) is 23.6 Å². The highest BCUT2D eigenvalue weighted by Crippen LogP contribution is 2.26. The fourth-order valence-electron chi connectivity index (χ4n) is 0.284. The molecular weight excluding hydrogens is 193 g/mol. The van der Waals surface area contributed by atoms with Gasteiger partial charge in [-0.1, -0.05) is 0 Å². The highest BCUT2D eigenvalue weighted by molar-refractivity contribution is 5.23. The van der Waals surface area contributed by atoms with Crippen LogP contribution in [0.25, 0.3) is 0 Å². The molecule has 0 saturated heterocycles. The Morgan fingerprint density at radius 2 is 1.17 bits per heavy atom. The molecule has 0 aliphatic rings. The smallest absolute Gasteiger partial charge is 0.202 e. The summed E-state index contributed by atoms with van der Waals surface area (Å²) in [7, 11) is 0. The molecule has 0 aliphatic carbocycles. The summed E-state index contributed by atoms with van der Waals surface area (Å²) in [4.78, 5) is 0. The van der Waals surface area contributed by atoms with E-state index in [2.05, 4.69) is 0 Å². The van der Waals surface area contributed by atoms with Crippen LogP contribution in [0.3, 0.4) is 0 Å². The van der Waals surface area contributed by atoms with Crippen LogP contribution in [0.1, 0.15) is 0 Å². The van der Waals surface area contributed by atoms with Crippen molar-refractivity contribution in [2.75, 3.05) is 0 Å². The van der Waals surface area contributed by atoms with Gasteiger partial charge in [0.05, 0.1) is 0 Å². The first-order valence-corrected chi connectivity index (χ1v) is 2.42. The number of alkyl halides is 2. The van der Waals surface area contributed by atoms with Crippen LogP contribution in [0.2, 0.25) is 0 Å². The number of hydrogen-bond acceptors (Lipinski definition) is 0. The lowest BCUT2D eigenvalue weighted by Crippen LogP contribution is -1.94. The summed E-state index contributed by atoms with van der Waals surface area (Å²) in [6, 6.07) is 0. The molecule has 70 valence electrons. The fraction of sp³-hybridized carbons (Fsp3) is 0.200. The number of hydrogen-bond donors (Lipinski definition) is 0. The normalized spacial score (nSPS) is 13.0. The van der Waals surface area contributed by atoms with Gasteiger partial charge in [-0.15, -0.1) is 0 Å². The number of allylic oxidation sites excluding steroid dienone is 3. The Morgan fingerprint density at radius 1 is 0.750 bits per heavy atom. The van der Waals surface area contributed by atoms with E-state index in [0.29, 0.717) is 0 Å². The first kappa shape index (κ1) is 11.0. The van der Waals surface area contributed by atoms with E-state index in [9.17, 15) is 30.7 Å². The van der Waals surface area contributed by atoms with E-state index < -0.39 is 30.0 Å². The minimum atomic E-state index is -3.95. The molecule has 0 amide bonds. The van der Waals surface area contributed by atoms with Crippen LogP contribution in [0.4, 0.5) is 30.7 Å². The van der Waals surface area contributed by atoms with Gasteiger partial charge < -0.3 is 0 Å². The summed E-state index contributed by atoms with van der Waals surface area (Å²) < 4.78 is 79.8. The largest absolute Gasteiger partial charge is 0.308 e. The van der Waals surface area contributed by atoms with Crippen molar-refractivity contribution in [1.82, 2.24) is 0 Å². The van der Waals surface area contributed by atoms with Gasteiger partial charge in [0, 0.05) is 0 Å². The number of rotatable bonds is 2. The van der Waals surface area contributed by atoms with Crippen LogP contribution < -0.4 is 0 Å². The molecule has 0 rings (SSSR count). The lowest BCUT2D eigenvalue weighted by Gasteiger charge is -1.95. The van der Waals surface area contributed by atoms with E-state index in [1.807, 2.05) is 0 Å². The van der Waals surface area contributed by atoms with Crippen molar-refractivity contribution in [1.29, 1.82) is 0 Å². The molecule has 0 aromatic carbocycles. The Hall–Kier alpha value is -1.01. The maximum atomic E-state index is 11.8. The quantitative estimate of drug-likeness (QED) is 0.466. The topological polar surface area (TPSA) is 0 Å². The van der Waals surface area contributed by atoms with Crippen molar-refractivity contribution >= 4 is 0 Å². The molecule has 0 aromatic heterocycles. The molecule has 0 nitrogen and oxygen atoms in total. The second kappa shape index (κ2) is 4.13. The van der Waals surface area contributed by atoms with E-state index in [0.717, 1.165) is 0 Å². The van der Waals surface area contributed by atoms with Gasteiger partial charge in [-0.25, -0.2) is 17.6 Å². The second-order valence-corrected chi connectivity index (χ2v) is 1.54. The lowest BCUT2D eigenvalue weighted by molar-refractivity contribution is 0.152. The van der Waals surface area contributed by atoms with Crippen LogP contribution in [-0.4, -0.2) is 6.43 Å². The minimum absolute atomic E-state index is 2.85. The Balaban J connectivity index is 4.93. The van der Waals surface area contributed by atoms with Gasteiger partial charge in [0.2, 0.25) is 17.5 Å². The van der Waals surface area contributed by atoms with Gasteiger partial charge in [0.25, 0.3) is 6.43 Å². The standard InChI is InChI=1S/C5HF7/c6-1(2(7)4(9)10)3(8)5(11)12/h4H/b2-1+. The van der Waals surface area contributed by atoms with Crippen molar-refractivity contribution in [2.45, 2.75) is 6.43 Å².